The number of carbonyl (C=O) groups is 1. The van der Waals surface area contributed by atoms with Gasteiger partial charge < -0.3 is 14.8 Å². The molecule has 3 unspecified atom stereocenters. The summed E-state index contributed by atoms with van der Waals surface area (Å²) in [5.41, 5.74) is -0.711. The van der Waals surface area contributed by atoms with Crippen molar-refractivity contribution >= 4 is 11.6 Å². The fourth-order valence-corrected chi connectivity index (χ4v) is 3.52. The van der Waals surface area contributed by atoms with Crippen LogP contribution in [0, 0.1) is 11.7 Å². The van der Waals surface area contributed by atoms with E-state index in [1.165, 1.54) is 24.3 Å². The third kappa shape index (κ3) is 6.05. The second kappa shape index (κ2) is 9.55. The van der Waals surface area contributed by atoms with Crippen molar-refractivity contribution < 1.29 is 31.8 Å². The molecule has 1 saturated heterocycles. The molecule has 7 nitrogen and oxygen atoms in total. The number of aromatic amines is 1. The van der Waals surface area contributed by atoms with Gasteiger partial charge in [0.15, 0.2) is 11.6 Å². The van der Waals surface area contributed by atoms with Gasteiger partial charge in [0.2, 0.25) is 0 Å². The lowest BCUT2D eigenvalue weighted by molar-refractivity contribution is -0.141. The summed E-state index contributed by atoms with van der Waals surface area (Å²) >= 11 is 0. The van der Waals surface area contributed by atoms with Crippen LogP contribution in [0.15, 0.2) is 30.3 Å². The normalized spacial score (nSPS) is 20.2. The Morgan fingerprint density at radius 3 is 2.53 bits per heavy atom. The second-order valence-corrected chi connectivity index (χ2v) is 8.03. The summed E-state index contributed by atoms with van der Waals surface area (Å²) in [7, 11) is 0. The van der Waals surface area contributed by atoms with E-state index < -0.39 is 35.6 Å². The number of ether oxygens (including phenoxy) is 2. The van der Waals surface area contributed by atoms with Gasteiger partial charge in [0.1, 0.15) is 17.3 Å². The summed E-state index contributed by atoms with van der Waals surface area (Å²) in [5.74, 6) is -2.24. The summed E-state index contributed by atoms with van der Waals surface area (Å²) in [4.78, 5) is 13.1. The van der Waals surface area contributed by atoms with Gasteiger partial charge in [-0.15, -0.1) is 0 Å². The third-order valence-electron chi connectivity index (χ3n) is 5.13. The number of alkyl halides is 3. The van der Waals surface area contributed by atoms with E-state index in [9.17, 15) is 22.4 Å². The highest BCUT2D eigenvalue weighted by molar-refractivity contribution is 5.98. The van der Waals surface area contributed by atoms with Crippen LogP contribution in [0.4, 0.5) is 23.4 Å². The van der Waals surface area contributed by atoms with Crippen LogP contribution in [0.25, 0.3) is 0 Å². The molecule has 3 atom stereocenters. The molecule has 0 radical (unpaired) electrons. The number of benzene rings is 1. The van der Waals surface area contributed by atoms with Crippen LogP contribution in [0.2, 0.25) is 0 Å². The molecule has 1 fully saturated rings. The summed E-state index contributed by atoms with van der Waals surface area (Å²) in [6.45, 7) is 5.95. The topological polar surface area (TPSA) is 88.3 Å². The SMILES string of the molecule is CCC(C(=O)c1ccc(F)cc1)C(NCC1COC(C)(C)O1)Nc1cc(C(F)(F)F)[nH]n1. The number of rotatable bonds is 9. The molecule has 3 N–H and O–H groups in total. The van der Waals surface area contributed by atoms with E-state index in [1.807, 2.05) is 5.10 Å². The number of carbonyl (C=O) groups excluding carboxylic acids is 1. The van der Waals surface area contributed by atoms with Crippen LogP contribution >= 0.6 is 0 Å². The highest BCUT2D eigenvalue weighted by atomic mass is 19.4. The molecule has 0 spiro atoms. The van der Waals surface area contributed by atoms with Gasteiger partial charge >= 0.3 is 6.18 Å². The number of nitrogens with zero attached hydrogens (tertiary/aromatic N) is 1. The highest BCUT2D eigenvalue weighted by Crippen LogP contribution is 2.29. The lowest BCUT2D eigenvalue weighted by Crippen LogP contribution is -2.48. The highest BCUT2D eigenvalue weighted by Gasteiger charge is 2.36. The zero-order chi connectivity index (χ0) is 23.5. The van der Waals surface area contributed by atoms with Crippen LogP contribution in [-0.2, 0) is 15.7 Å². The Hall–Kier alpha value is -2.50. The molecular weight excluding hydrogens is 432 g/mol. The Balaban J connectivity index is 1.79. The van der Waals surface area contributed by atoms with E-state index in [-0.39, 0.29) is 24.2 Å². The predicted octanol–water partition coefficient (Wildman–Crippen LogP) is 3.96. The van der Waals surface area contributed by atoms with Gasteiger partial charge in [-0.2, -0.15) is 18.3 Å². The molecule has 1 aliphatic rings. The molecule has 176 valence electrons. The van der Waals surface area contributed by atoms with E-state index in [2.05, 4.69) is 15.7 Å². The molecule has 1 aliphatic heterocycles. The zero-order valence-corrected chi connectivity index (χ0v) is 17.9. The number of H-pyrrole nitrogens is 1. The second-order valence-electron chi connectivity index (χ2n) is 8.03. The van der Waals surface area contributed by atoms with Gasteiger partial charge in [-0.25, -0.2) is 4.39 Å². The minimum absolute atomic E-state index is 0.0656. The summed E-state index contributed by atoms with van der Waals surface area (Å²) in [5, 5.41) is 11.7. The van der Waals surface area contributed by atoms with Crippen LogP contribution < -0.4 is 10.6 Å². The van der Waals surface area contributed by atoms with Crippen molar-refractivity contribution in [2.75, 3.05) is 18.5 Å². The van der Waals surface area contributed by atoms with Gasteiger partial charge in [-0.05, 0) is 44.5 Å². The minimum Gasteiger partial charge on any atom is -0.353 e. The van der Waals surface area contributed by atoms with Crippen molar-refractivity contribution in [1.82, 2.24) is 15.5 Å². The van der Waals surface area contributed by atoms with E-state index in [0.29, 0.717) is 18.6 Å². The molecular formula is C21H26F4N4O3. The van der Waals surface area contributed by atoms with Crippen molar-refractivity contribution in [3.63, 3.8) is 0 Å². The molecule has 2 heterocycles. The Kier molecular flexibility index (Phi) is 7.21. The first-order valence-corrected chi connectivity index (χ1v) is 10.2. The minimum atomic E-state index is -4.58. The van der Waals surface area contributed by atoms with E-state index >= 15 is 0 Å². The molecule has 2 aromatic rings. The van der Waals surface area contributed by atoms with Gasteiger partial charge in [0, 0.05) is 18.2 Å². The molecule has 3 rings (SSSR count). The Morgan fingerprint density at radius 2 is 2.00 bits per heavy atom. The summed E-state index contributed by atoms with van der Waals surface area (Å²) in [6, 6.07) is 5.96. The number of anilines is 1. The van der Waals surface area contributed by atoms with Crippen LogP contribution in [0.5, 0.6) is 0 Å². The molecule has 0 aliphatic carbocycles. The first-order chi connectivity index (χ1) is 15.0. The molecule has 0 saturated carbocycles. The molecule has 1 aromatic heterocycles. The first kappa shape index (κ1) is 24.1. The van der Waals surface area contributed by atoms with E-state index in [4.69, 9.17) is 9.47 Å². The fourth-order valence-electron chi connectivity index (χ4n) is 3.52. The Labute approximate surface area is 182 Å². The van der Waals surface area contributed by atoms with Crippen molar-refractivity contribution in [3.8, 4) is 0 Å². The largest absolute Gasteiger partial charge is 0.432 e. The molecule has 0 amide bonds. The van der Waals surface area contributed by atoms with Crippen LogP contribution in [0.1, 0.15) is 43.2 Å². The fraction of sp³-hybridized carbons (Fsp3) is 0.524. The maximum atomic E-state index is 13.3. The van der Waals surface area contributed by atoms with E-state index in [1.54, 1.807) is 20.8 Å². The molecule has 11 heteroatoms. The van der Waals surface area contributed by atoms with Crippen molar-refractivity contribution in [3.05, 3.63) is 47.4 Å². The van der Waals surface area contributed by atoms with Crippen LogP contribution in [0.3, 0.4) is 0 Å². The Bertz CT molecular complexity index is 915. The van der Waals surface area contributed by atoms with Gasteiger partial charge in [-0.1, -0.05) is 6.92 Å². The number of ketones is 1. The van der Waals surface area contributed by atoms with Crippen molar-refractivity contribution in [1.29, 1.82) is 0 Å². The average molecular weight is 458 g/mol. The molecule has 0 bridgehead atoms. The molecule has 1 aromatic carbocycles. The Morgan fingerprint density at radius 1 is 1.31 bits per heavy atom. The zero-order valence-electron chi connectivity index (χ0n) is 17.9. The summed E-state index contributed by atoms with van der Waals surface area (Å²) in [6.07, 6.45) is -5.29. The number of hydrogen-bond donors (Lipinski definition) is 3. The third-order valence-corrected chi connectivity index (χ3v) is 5.13. The standard InChI is InChI=1S/C21H26F4N4O3/c1-4-15(18(30)12-5-7-13(22)8-6-12)19(26-10-14-11-31-20(2,3)32-14)27-17-9-16(28-29-17)21(23,24)25/h5-9,14-15,19,26H,4,10-11H2,1-3H3,(H2,27,28,29). The number of halogens is 4. The van der Waals surface area contributed by atoms with Crippen molar-refractivity contribution in [2.45, 2.75) is 51.4 Å². The maximum Gasteiger partial charge on any atom is 0.432 e. The smallest absolute Gasteiger partial charge is 0.353 e. The van der Waals surface area contributed by atoms with Gasteiger partial charge in [0.25, 0.3) is 0 Å². The van der Waals surface area contributed by atoms with Crippen LogP contribution in [-0.4, -0.2) is 47.2 Å². The lowest BCUT2D eigenvalue weighted by Gasteiger charge is -2.28. The molecule has 32 heavy (non-hydrogen) atoms. The quantitative estimate of drug-likeness (QED) is 0.300. The maximum absolute atomic E-state index is 13.3. The van der Waals surface area contributed by atoms with Crippen molar-refractivity contribution in [2.24, 2.45) is 5.92 Å². The first-order valence-electron chi connectivity index (χ1n) is 10.2. The van der Waals surface area contributed by atoms with Gasteiger partial charge in [0.05, 0.1) is 24.8 Å². The summed E-state index contributed by atoms with van der Waals surface area (Å²) < 4.78 is 63.4. The predicted molar refractivity (Wildman–Crippen MR) is 108 cm³/mol. The number of hydrogen-bond acceptors (Lipinski definition) is 6. The van der Waals surface area contributed by atoms with E-state index in [0.717, 1.165) is 6.07 Å². The number of Topliss-reactive ketones (excluding diaryl/α,β-unsaturated/α-hetero) is 1. The lowest BCUT2D eigenvalue weighted by atomic mass is 9.92. The van der Waals surface area contributed by atoms with Gasteiger partial charge in [-0.3, -0.25) is 15.2 Å². The number of aromatic nitrogens is 2. The average Bonchev–Trinajstić information content (AvgIpc) is 3.33. The number of nitrogens with one attached hydrogen (secondary N) is 3. The monoisotopic (exact) mass is 458 g/mol.